The molecule has 0 fully saturated rings. The van der Waals surface area contributed by atoms with Gasteiger partial charge in [-0.15, -0.1) is 11.3 Å². The highest BCUT2D eigenvalue weighted by Gasteiger charge is 2.10. The van der Waals surface area contributed by atoms with E-state index in [1.807, 2.05) is 0 Å². The van der Waals surface area contributed by atoms with E-state index in [1.54, 1.807) is 11.3 Å². The van der Waals surface area contributed by atoms with Crippen LogP contribution in [-0.2, 0) is 6.54 Å². The van der Waals surface area contributed by atoms with Crippen molar-refractivity contribution in [2.45, 2.75) is 13.5 Å². The SMILES string of the molecule is Cc1ccsc1Cn1c(N)nc2cc(I)ccc21. The van der Waals surface area contributed by atoms with E-state index in [0.717, 1.165) is 17.6 Å². The van der Waals surface area contributed by atoms with Gasteiger partial charge in [0.05, 0.1) is 17.6 Å². The lowest BCUT2D eigenvalue weighted by Gasteiger charge is -2.05. The Morgan fingerprint density at radius 1 is 1.39 bits per heavy atom. The molecule has 0 aliphatic heterocycles. The summed E-state index contributed by atoms with van der Waals surface area (Å²) in [5.41, 5.74) is 9.40. The molecule has 0 unspecified atom stereocenters. The molecule has 1 aromatic carbocycles. The lowest BCUT2D eigenvalue weighted by Crippen LogP contribution is -2.04. The molecule has 0 amide bonds. The van der Waals surface area contributed by atoms with Crippen LogP contribution in [0.5, 0.6) is 0 Å². The zero-order valence-corrected chi connectivity index (χ0v) is 12.8. The fourth-order valence-electron chi connectivity index (χ4n) is 2.00. The third-order valence-electron chi connectivity index (χ3n) is 3.01. The number of hydrogen-bond donors (Lipinski definition) is 1. The number of thiophene rings is 1. The molecule has 3 nitrogen and oxygen atoms in total. The van der Waals surface area contributed by atoms with Gasteiger partial charge in [0.2, 0.25) is 5.95 Å². The van der Waals surface area contributed by atoms with Gasteiger partial charge < -0.3 is 10.3 Å². The molecule has 2 N–H and O–H groups in total. The molecule has 0 aliphatic rings. The Morgan fingerprint density at radius 2 is 2.22 bits per heavy atom. The van der Waals surface area contributed by atoms with Crippen LogP contribution in [0.1, 0.15) is 10.4 Å². The standard InChI is InChI=1S/C13H12IN3S/c1-8-4-5-18-12(8)7-17-11-3-2-9(14)6-10(11)16-13(17)15/h2-6H,7H2,1H3,(H2,15,16). The van der Waals surface area contributed by atoms with Crippen molar-refractivity contribution < 1.29 is 0 Å². The van der Waals surface area contributed by atoms with Crippen LogP contribution in [-0.4, -0.2) is 9.55 Å². The Balaban J connectivity index is 2.11. The monoisotopic (exact) mass is 369 g/mol. The van der Waals surface area contributed by atoms with Crippen molar-refractivity contribution in [2.75, 3.05) is 5.73 Å². The summed E-state index contributed by atoms with van der Waals surface area (Å²) in [6.07, 6.45) is 0. The lowest BCUT2D eigenvalue weighted by molar-refractivity contribution is 0.848. The van der Waals surface area contributed by atoms with Crippen LogP contribution in [0.15, 0.2) is 29.6 Å². The number of anilines is 1. The first kappa shape index (κ1) is 12.0. The highest BCUT2D eigenvalue weighted by Crippen LogP contribution is 2.24. The van der Waals surface area contributed by atoms with E-state index in [4.69, 9.17) is 5.73 Å². The zero-order valence-electron chi connectivity index (χ0n) is 9.85. The number of nitrogens with two attached hydrogens (primary N) is 1. The van der Waals surface area contributed by atoms with Gasteiger partial charge in [0.1, 0.15) is 0 Å². The summed E-state index contributed by atoms with van der Waals surface area (Å²) < 4.78 is 3.25. The average Bonchev–Trinajstić information content (AvgIpc) is 2.85. The summed E-state index contributed by atoms with van der Waals surface area (Å²) in [4.78, 5) is 5.76. The highest BCUT2D eigenvalue weighted by atomic mass is 127. The summed E-state index contributed by atoms with van der Waals surface area (Å²) in [7, 11) is 0. The van der Waals surface area contributed by atoms with E-state index in [1.165, 1.54) is 14.0 Å². The van der Waals surface area contributed by atoms with Gasteiger partial charge in [-0.05, 0) is 64.7 Å². The van der Waals surface area contributed by atoms with Crippen molar-refractivity contribution in [3.05, 3.63) is 43.7 Å². The molecule has 3 aromatic rings. The second-order valence-corrected chi connectivity index (χ2v) is 6.46. The van der Waals surface area contributed by atoms with Gasteiger partial charge in [-0.3, -0.25) is 0 Å². The van der Waals surface area contributed by atoms with Gasteiger partial charge in [-0.25, -0.2) is 4.98 Å². The van der Waals surface area contributed by atoms with Gasteiger partial charge in [0.15, 0.2) is 0 Å². The lowest BCUT2D eigenvalue weighted by atomic mass is 10.3. The maximum atomic E-state index is 6.02. The molecular formula is C13H12IN3S. The Bertz CT molecular complexity index is 714. The quantitative estimate of drug-likeness (QED) is 0.701. The van der Waals surface area contributed by atoms with Crippen molar-refractivity contribution in [3.63, 3.8) is 0 Å². The minimum absolute atomic E-state index is 0.583. The van der Waals surface area contributed by atoms with Crippen molar-refractivity contribution in [2.24, 2.45) is 0 Å². The molecule has 0 radical (unpaired) electrons. The molecule has 0 saturated heterocycles. The fraction of sp³-hybridized carbons (Fsp3) is 0.154. The number of nitrogens with zero attached hydrogens (tertiary/aromatic N) is 2. The molecule has 0 saturated carbocycles. The molecule has 0 atom stereocenters. The molecule has 3 rings (SSSR count). The minimum Gasteiger partial charge on any atom is -0.369 e. The number of aryl methyl sites for hydroxylation is 1. The largest absolute Gasteiger partial charge is 0.369 e. The van der Waals surface area contributed by atoms with E-state index >= 15 is 0 Å². The van der Waals surface area contributed by atoms with E-state index in [0.29, 0.717) is 5.95 Å². The molecule has 0 aliphatic carbocycles. The van der Waals surface area contributed by atoms with Gasteiger partial charge >= 0.3 is 0 Å². The third kappa shape index (κ3) is 2.01. The van der Waals surface area contributed by atoms with Gasteiger partial charge in [-0.2, -0.15) is 0 Å². The molecule has 2 heterocycles. The zero-order chi connectivity index (χ0) is 12.7. The second kappa shape index (κ2) is 4.55. The number of aromatic nitrogens is 2. The molecule has 5 heteroatoms. The summed E-state index contributed by atoms with van der Waals surface area (Å²) in [6, 6.07) is 8.37. The van der Waals surface area contributed by atoms with Crippen LogP contribution in [0.25, 0.3) is 11.0 Å². The van der Waals surface area contributed by atoms with E-state index in [-0.39, 0.29) is 0 Å². The Kier molecular flexibility index (Phi) is 3.03. The van der Waals surface area contributed by atoms with Crippen molar-refractivity contribution >= 4 is 50.9 Å². The van der Waals surface area contributed by atoms with E-state index in [2.05, 4.69) is 68.7 Å². The Hall–Kier alpha value is -1.08. The summed E-state index contributed by atoms with van der Waals surface area (Å²) in [5, 5.41) is 2.11. The maximum absolute atomic E-state index is 6.02. The first-order chi connectivity index (χ1) is 8.65. The van der Waals surface area contributed by atoms with Crippen LogP contribution in [0, 0.1) is 10.5 Å². The van der Waals surface area contributed by atoms with Crippen molar-refractivity contribution in [1.82, 2.24) is 9.55 Å². The number of rotatable bonds is 2. The van der Waals surface area contributed by atoms with Crippen molar-refractivity contribution in [1.29, 1.82) is 0 Å². The number of benzene rings is 1. The molecule has 0 spiro atoms. The van der Waals surface area contributed by atoms with Crippen molar-refractivity contribution in [3.8, 4) is 0 Å². The number of fused-ring (bicyclic) bond motifs is 1. The van der Waals surface area contributed by atoms with Gasteiger partial charge in [0.25, 0.3) is 0 Å². The predicted molar refractivity (Wildman–Crippen MR) is 85.0 cm³/mol. The van der Waals surface area contributed by atoms with Gasteiger partial charge in [-0.1, -0.05) is 0 Å². The number of nitrogen functional groups attached to an aromatic ring is 1. The molecule has 92 valence electrons. The van der Waals surface area contributed by atoms with Crippen LogP contribution in [0.3, 0.4) is 0 Å². The smallest absolute Gasteiger partial charge is 0.201 e. The summed E-state index contributed by atoms with van der Waals surface area (Å²) in [5.74, 6) is 0.583. The minimum atomic E-state index is 0.583. The maximum Gasteiger partial charge on any atom is 0.201 e. The predicted octanol–water partition coefficient (Wildman–Crippen LogP) is 3.64. The summed E-state index contributed by atoms with van der Waals surface area (Å²) >= 11 is 4.05. The first-order valence-electron chi connectivity index (χ1n) is 5.59. The van der Waals surface area contributed by atoms with E-state index in [9.17, 15) is 0 Å². The second-order valence-electron chi connectivity index (χ2n) is 4.22. The fourth-order valence-corrected chi connectivity index (χ4v) is 3.37. The van der Waals surface area contributed by atoms with Crippen LogP contribution >= 0.6 is 33.9 Å². The number of hydrogen-bond acceptors (Lipinski definition) is 3. The Morgan fingerprint density at radius 3 is 2.94 bits per heavy atom. The Labute approximate surface area is 123 Å². The molecule has 0 bridgehead atoms. The van der Waals surface area contributed by atoms with Crippen LogP contribution in [0.2, 0.25) is 0 Å². The van der Waals surface area contributed by atoms with Gasteiger partial charge in [0, 0.05) is 8.45 Å². The van der Waals surface area contributed by atoms with Crippen LogP contribution < -0.4 is 5.73 Å². The molecular weight excluding hydrogens is 357 g/mol. The summed E-state index contributed by atoms with van der Waals surface area (Å²) in [6.45, 7) is 2.93. The topological polar surface area (TPSA) is 43.8 Å². The third-order valence-corrected chi connectivity index (χ3v) is 4.69. The average molecular weight is 369 g/mol. The number of imidazole rings is 1. The van der Waals surface area contributed by atoms with E-state index < -0.39 is 0 Å². The number of halogens is 1. The highest BCUT2D eigenvalue weighted by molar-refractivity contribution is 14.1. The molecule has 18 heavy (non-hydrogen) atoms. The van der Waals surface area contributed by atoms with Crippen LogP contribution in [0.4, 0.5) is 5.95 Å². The first-order valence-corrected chi connectivity index (χ1v) is 7.55. The normalized spacial score (nSPS) is 11.2. The molecule has 2 aromatic heterocycles.